The molecule has 1 aromatic rings. The van der Waals surface area contributed by atoms with E-state index in [2.05, 4.69) is 25.7 Å². The first-order chi connectivity index (χ1) is 8.63. The summed E-state index contributed by atoms with van der Waals surface area (Å²) in [6.45, 7) is 12.4. The fraction of sp³-hybridized carbons (Fsp3) is 0.769. The van der Waals surface area contributed by atoms with Crippen LogP contribution in [0.15, 0.2) is 0 Å². The van der Waals surface area contributed by atoms with E-state index in [1.807, 2.05) is 6.92 Å². The van der Waals surface area contributed by atoms with Gasteiger partial charge in [-0.1, -0.05) is 13.8 Å². The van der Waals surface area contributed by atoms with Crippen molar-refractivity contribution in [3.8, 4) is 0 Å². The van der Waals surface area contributed by atoms with E-state index in [4.69, 9.17) is 15.5 Å². The molecule has 0 aliphatic carbocycles. The van der Waals surface area contributed by atoms with Gasteiger partial charge in [0.25, 0.3) is 0 Å². The molecule has 0 bridgehead atoms. The van der Waals surface area contributed by atoms with Gasteiger partial charge in [0.1, 0.15) is 0 Å². The van der Waals surface area contributed by atoms with Crippen LogP contribution in [0.4, 0.5) is 5.13 Å². The van der Waals surface area contributed by atoms with Crippen molar-refractivity contribution in [2.75, 3.05) is 31.2 Å². The number of likely N-dealkylation sites (N-methyl/N-ethyl adjacent to an activating group) is 1. The molecule has 1 heterocycles. The molecule has 0 saturated heterocycles. The Kier molecular flexibility index (Phi) is 6.60. The van der Waals surface area contributed by atoms with Crippen molar-refractivity contribution in [2.45, 2.75) is 40.2 Å². The van der Waals surface area contributed by atoms with Crippen LogP contribution in [0.25, 0.3) is 0 Å². The molecule has 1 aromatic heterocycles. The summed E-state index contributed by atoms with van der Waals surface area (Å²) in [6.07, 6.45) is 0. The van der Waals surface area contributed by atoms with Gasteiger partial charge in [0.15, 0.2) is 5.13 Å². The summed E-state index contributed by atoms with van der Waals surface area (Å²) in [5.41, 5.74) is 6.94. The van der Waals surface area contributed by atoms with Crippen LogP contribution in [0.2, 0.25) is 0 Å². The molecule has 2 N–H and O–H groups in total. The third kappa shape index (κ3) is 3.93. The number of nitrogens with zero attached hydrogens (tertiary/aromatic N) is 2. The smallest absolute Gasteiger partial charge is 0.185 e. The van der Waals surface area contributed by atoms with Crippen molar-refractivity contribution in [3.05, 3.63) is 10.6 Å². The molecular weight excluding hydrogens is 246 g/mol. The van der Waals surface area contributed by atoms with Crippen LogP contribution in [-0.4, -0.2) is 31.3 Å². The topological polar surface area (TPSA) is 51.4 Å². The zero-order chi connectivity index (χ0) is 13.5. The average molecular weight is 271 g/mol. The lowest BCUT2D eigenvalue weighted by Crippen LogP contribution is -2.27. The fourth-order valence-corrected chi connectivity index (χ4v) is 2.97. The largest absolute Gasteiger partial charge is 0.380 e. The van der Waals surface area contributed by atoms with Gasteiger partial charge < -0.3 is 15.4 Å². The molecule has 0 aromatic carbocycles. The van der Waals surface area contributed by atoms with Crippen molar-refractivity contribution in [3.63, 3.8) is 0 Å². The molecule has 0 aliphatic heterocycles. The van der Waals surface area contributed by atoms with E-state index in [0.717, 1.165) is 37.1 Å². The Balaban J connectivity index is 2.79. The van der Waals surface area contributed by atoms with E-state index in [1.54, 1.807) is 11.3 Å². The van der Waals surface area contributed by atoms with Crippen LogP contribution in [0, 0.1) is 0 Å². The quantitative estimate of drug-likeness (QED) is 0.738. The second-order valence-electron chi connectivity index (χ2n) is 4.44. The van der Waals surface area contributed by atoms with Crippen molar-refractivity contribution in [1.29, 1.82) is 0 Å². The van der Waals surface area contributed by atoms with Gasteiger partial charge in [0, 0.05) is 31.1 Å². The summed E-state index contributed by atoms with van der Waals surface area (Å²) in [7, 11) is 0. The summed E-state index contributed by atoms with van der Waals surface area (Å²) < 4.78 is 5.41. The predicted molar refractivity (Wildman–Crippen MR) is 78.5 cm³/mol. The minimum Gasteiger partial charge on any atom is -0.380 e. The van der Waals surface area contributed by atoms with Crippen molar-refractivity contribution >= 4 is 16.5 Å². The Hall–Kier alpha value is -0.650. The molecule has 5 heteroatoms. The SMILES string of the molecule is CCOCCN(CC)c1nc(C(C)C)c(CN)s1. The highest BCUT2D eigenvalue weighted by Crippen LogP contribution is 2.30. The van der Waals surface area contributed by atoms with Gasteiger partial charge in [-0.2, -0.15) is 0 Å². The maximum Gasteiger partial charge on any atom is 0.185 e. The Morgan fingerprint density at radius 1 is 1.39 bits per heavy atom. The first-order valence-electron chi connectivity index (χ1n) is 6.66. The van der Waals surface area contributed by atoms with E-state index in [9.17, 15) is 0 Å². The number of aromatic nitrogens is 1. The number of nitrogens with two attached hydrogens (primary N) is 1. The molecule has 0 radical (unpaired) electrons. The van der Waals surface area contributed by atoms with Crippen LogP contribution in [0.5, 0.6) is 0 Å². The fourth-order valence-electron chi connectivity index (χ4n) is 1.79. The molecule has 0 unspecified atom stereocenters. The van der Waals surface area contributed by atoms with Crippen LogP contribution in [0.1, 0.15) is 44.2 Å². The zero-order valence-electron chi connectivity index (χ0n) is 11.9. The molecule has 0 aliphatic rings. The van der Waals surface area contributed by atoms with E-state index in [0.29, 0.717) is 12.5 Å². The Morgan fingerprint density at radius 3 is 2.56 bits per heavy atom. The highest BCUT2D eigenvalue weighted by atomic mass is 32.1. The lowest BCUT2D eigenvalue weighted by Gasteiger charge is -2.19. The molecule has 104 valence electrons. The Morgan fingerprint density at radius 2 is 2.11 bits per heavy atom. The predicted octanol–water partition coefficient (Wildman–Crippen LogP) is 2.59. The van der Waals surface area contributed by atoms with Crippen LogP contribution < -0.4 is 10.6 Å². The van der Waals surface area contributed by atoms with Gasteiger partial charge in [0.05, 0.1) is 12.3 Å². The van der Waals surface area contributed by atoms with E-state index in [1.165, 1.54) is 4.88 Å². The minimum atomic E-state index is 0.430. The highest BCUT2D eigenvalue weighted by molar-refractivity contribution is 7.15. The Labute approximate surface area is 114 Å². The third-order valence-corrected chi connectivity index (χ3v) is 3.96. The van der Waals surface area contributed by atoms with Gasteiger partial charge in [-0.05, 0) is 19.8 Å². The molecule has 0 saturated carbocycles. The van der Waals surface area contributed by atoms with Gasteiger partial charge in [-0.15, -0.1) is 11.3 Å². The van der Waals surface area contributed by atoms with Crippen molar-refractivity contribution < 1.29 is 4.74 Å². The number of rotatable bonds is 8. The summed E-state index contributed by atoms with van der Waals surface area (Å²) in [5, 5.41) is 1.07. The summed E-state index contributed by atoms with van der Waals surface area (Å²) >= 11 is 1.71. The monoisotopic (exact) mass is 271 g/mol. The van der Waals surface area contributed by atoms with E-state index in [-0.39, 0.29) is 0 Å². The molecular formula is C13H25N3OS. The minimum absolute atomic E-state index is 0.430. The summed E-state index contributed by atoms with van der Waals surface area (Å²) in [5.74, 6) is 0.430. The van der Waals surface area contributed by atoms with Gasteiger partial charge >= 0.3 is 0 Å². The third-order valence-electron chi connectivity index (χ3n) is 2.81. The van der Waals surface area contributed by atoms with E-state index >= 15 is 0 Å². The first-order valence-corrected chi connectivity index (χ1v) is 7.47. The lowest BCUT2D eigenvalue weighted by molar-refractivity contribution is 0.154. The number of hydrogen-bond acceptors (Lipinski definition) is 5. The zero-order valence-corrected chi connectivity index (χ0v) is 12.7. The molecule has 18 heavy (non-hydrogen) atoms. The maximum absolute atomic E-state index is 5.79. The molecule has 4 nitrogen and oxygen atoms in total. The standard InChI is InChI=1S/C13H25N3OS/c1-5-16(7-8-17-6-2)13-15-12(10(3)4)11(9-14)18-13/h10H,5-9,14H2,1-4H3. The highest BCUT2D eigenvalue weighted by Gasteiger charge is 2.16. The maximum atomic E-state index is 5.79. The Bertz CT molecular complexity index is 352. The van der Waals surface area contributed by atoms with Gasteiger partial charge in [-0.25, -0.2) is 4.98 Å². The first kappa shape index (κ1) is 15.4. The summed E-state index contributed by atoms with van der Waals surface area (Å²) in [4.78, 5) is 8.20. The summed E-state index contributed by atoms with van der Waals surface area (Å²) in [6, 6.07) is 0. The van der Waals surface area contributed by atoms with Crippen LogP contribution in [0.3, 0.4) is 0 Å². The van der Waals surface area contributed by atoms with E-state index < -0.39 is 0 Å². The second kappa shape index (κ2) is 7.71. The van der Waals surface area contributed by atoms with Crippen LogP contribution in [-0.2, 0) is 11.3 Å². The van der Waals surface area contributed by atoms with Gasteiger partial charge in [-0.3, -0.25) is 0 Å². The molecule has 0 spiro atoms. The molecule has 1 rings (SSSR count). The van der Waals surface area contributed by atoms with Crippen molar-refractivity contribution in [1.82, 2.24) is 4.98 Å². The van der Waals surface area contributed by atoms with Crippen LogP contribution >= 0.6 is 11.3 Å². The number of hydrogen-bond donors (Lipinski definition) is 1. The molecule has 0 atom stereocenters. The number of ether oxygens (including phenoxy) is 1. The normalized spacial score (nSPS) is 11.2. The second-order valence-corrected chi connectivity index (χ2v) is 5.50. The number of anilines is 1. The van der Waals surface area contributed by atoms with Gasteiger partial charge in [0.2, 0.25) is 0 Å². The average Bonchev–Trinajstić information content (AvgIpc) is 2.79. The van der Waals surface area contributed by atoms with Crippen molar-refractivity contribution in [2.24, 2.45) is 5.73 Å². The molecule has 0 fully saturated rings. The lowest BCUT2D eigenvalue weighted by atomic mass is 10.1. The molecule has 0 amide bonds. The number of thiazole rings is 1.